The van der Waals surface area contributed by atoms with Crippen LogP contribution in [0.25, 0.3) is 0 Å². The molecule has 2 aromatic rings. The number of carbonyl (C=O) groups is 1. The van der Waals surface area contributed by atoms with Gasteiger partial charge in [-0.25, -0.2) is 4.98 Å². The molecule has 0 aromatic carbocycles. The highest BCUT2D eigenvalue weighted by molar-refractivity contribution is 6.29. The molecule has 6 nitrogen and oxygen atoms in total. The molecule has 0 unspecified atom stereocenters. The number of carbonyl (C=O) groups excluding carboxylic acids is 1. The summed E-state index contributed by atoms with van der Waals surface area (Å²) in [7, 11) is 1.37. The van der Waals surface area contributed by atoms with Crippen LogP contribution in [0.2, 0.25) is 5.15 Å². The fourth-order valence-corrected chi connectivity index (χ4v) is 1.89. The number of nitrogens with one attached hydrogen (secondary N) is 1. The van der Waals surface area contributed by atoms with Crippen LogP contribution < -0.4 is 10.1 Å². The Kier molecular flexibility index (Phi) is 4.99. The number of hydrogen-bond acceptors (Lipinski definition) is 5. The van der Waals surface area contributed by atoms with Gasteiger partial charge in [-0.2, -0.15) is 18.2 Å². The van der Waals surface area contributed by atoms with E-state index in [1.54, 1.807) is 0 Å². The highest BCUT2D eigenvalue weighted by atomic mass is 35.5. The predicted octanol–water partition coefficient (Wildman–Crippen LogP) is 2.48. The molecule has 0 radical (unpaired) electrons. The quantitative estimate of drug-likeness (QED) is 0.861. The number of alkyl halides is 3. The zero-order chi connectivity index (χ0) is 17.0. The van der Waals surface area contributed by atoms with Gasteiger partial charge in [-0.05, 0) is 6.07 Å². The fourth-order valence-electron chi connectivity index (χ4n) is 1.70. The third-order valence-electron chi connectivity index (χ3n) is 2.70. The van der Waals surface area contributed by atoms with Gasteiger partial charge in [-0.15, -0.1) is 0 Å². The Morgan fingerprint density at radius 2 is 2.13 bits per heavy atom. The maximum absolute atomic E-state index is 12.9. The number of halogens is 4. The molecule has 2 rings (SSSR count). The molecule has 2 aromatic heterocycles. The first-order valence-electron chi connectivity index (χ1n) is 6.18. The van der Waals surface area contributed by atoms with Gasteiger partial charge in [0.2, 0.25) is 5.88 Å². The van der Waals surface area contributed by atoms with Crippen LogP contribution in [-0.4, -0.2) is 28.0 Å². The SMILES string of the molecule is COc1cc(Cl)nc(CNC(=O)c2cnccc2C(F)(F)F)n1. The third-order valence-corrected chi connectivity index (χ3v) is 2.90. The van der Waals surface area contributed by atoms with Gasteiger partial charge in [0.1, 0.15) is 5.15 Å². The highest BCUT2D eigenvalue weighted by Gasteiger charge is 2.35. The summed E-state index contributed by atoms with van der Waals surface area (Å²) in [5.41, 5.74) is -1.66. The Morgan fingerprint density at radius 3 is 2.78 bits per heavy atom. The number of hydrogen-bond donors (Lipinski definition) is 1. The van der Waals surface area contributed by atoms with Crippen LogP contribution in [0.4, 0.5) is 13.2 Å². The third kappa shape index (κ3) is 4.28. The normalized spacial score (nSPS) is 11.2. The lowest BCUT2D eigenvalue weighted by Gasteiger charge is -2.12. The average Bonchev–Trinajstić information content (AvgIpc) is 2.51. The van der Waals surface area contributed by atoms with E-state index in [0.29, 0.717) is 0 Å². The van der Waals surface area contributed by atoms with E-state index in [-0.39, 0.29) is 23.4 Å². The van der Waals surface area contributed by atoms with Crippen molar-refractivity contribution >= 4 is 17.5 Å². The minimum absolute atomic E-state index is 0.0819. The molecule has 1 amide bonds. The lowest BCUT2D eigenvalue weighted by atomic mass is 10.1. The molecule has 0 fully saturated rings. The lowest BCUT2D eigenvalue weighted by Crippen LogP contribution is -2.27. The summed E-state index contributed by atoms with van der Waals surface area (Å²) in [6.45, 7) is -0.220. The molecular weight excluding hydrogens is 337 g/mol. The van der Waals surface area contributed by atoms with Crippen LogP contribution in [0.1, 0.15) is 21.7 Å². The monoisotopic (exact) mass is 346 g/mol. The molecule has 23 heavy (non-hydrogen) atoms. The van der Waals surface area contributed by atoms with Gasteiger partial charge in [0.05, 0.1) is 24.8 Å². The van der Waals surface area contributed by atoms with Crippen molar-refractivity contribution in [2.75, 3.05) is 7.11 Å². The van der Waals surface area contributed by atoms with Crippen molar-refractivity contribution in [1.82, 2.24) is 20.3 Å². The van der Waals surface area contributed by atoms with E-state index in [1.807, 2.05) is 0 Å². The topological polar surface area (TPSA) is 77.0 Å². The number of methoxy groups -OCH3 is 1. The second-order valence-corrected chi connectivity index (χ2v) is 4.64. The molecule has 0 aliphatic rings. The maximum atomic E-state index is 12.9. The second-order valence-electron chi connectivity index (χ2n) is 4.25. The van der Waals surface area contributed by atoms with Gasteiger partial charge in [-0.1, -0.05) is 11.6 Å². The highest BCUT2D eigenvalue weighted by Crippen LogP contribution is 2.31. The van der Waals surface area contributed by atoms with E-state index in [9.17, 15) is 18.0 Å². The fraction of sp³-hybridized carbons (Fsp3) is 0.231. The summed E-state index contributed by atoms with van der Waals surface area (Å²) in [5.74, 6) is -0.681. The molecule has 0 atom stereocenters. The van der Waals surface area contributed by atoms with Crippen molar-refractivity contribution < 1.29 is 22.7 Å². The van der Waals surface area contributed by atoms with Gasteiger partial charge < -0.3 is 10.1 Å². The summed E-state index contributed by atoms with van der Waals surface area (Å²) < 4.78 is 43.5. The summed E-state index contributed by atoms with van der Waals surface area (Å²) in [4.78, 5) is 23.3. The van der Waals surface area contributed by atoms with Crippen LogP contribution in [-0.2, 0) is 12.7 Å². The maximum Gasteiger partial charge on any atom is 0.417 e. The van der Waals surface area contributed by atoms with E-state index >= 15 is 0 Å². The van der Waals surface area contributed by atoms with Crippen molar-refractivity contribution in [3.8, 4) is 5.88 Å². The Hall–Kier alpha value is -2.42. The minimum Gasteiger partial charge on any atom is -0.481 e. The molecule has 0 spiro atoms. The molecule has 0 aliphatic heterocycles. The molecule has 0 saturated heterocycles. The predicted molar refractivity (Wildman–Crippen MR) is 74.0 cm³/mol. The van der Waals surface area contributed by atoms with Crippen LogP contribution in [0.5, 0.6) is 5.88 Å². The zero-order valence-corrected chi connectivity index (χ0v) is 12.4. The van der Waals surface area contributed by atoms with E-state index in [2.05, 4.69) is 20.3 Å². The van der Waals surface area contributed by atoms with E-state index < -0.39 is 23.2 Å². The number of aromatic nitrogens is 3. The van der Waals surface area contributed by atoms with Crippen molar-refractivity contribution in [3.63, 3.8) is 0 Å². The molecule has 2 heterocycles. The van der Waals surface area contributed by atoms with E-state index in [0.717, 1.165) is 18.5 Å². The van der Waals surface area contributed by atoms with Crippen molar-refractivity contribution in [1.29, 1.82) is 0 Å². The Bertz CT molecular complexity index is 725. The summed E-state index contributed by atoms with van der Waals surface area (Å²) >= 11 is 5.74. The van der Waals surface area contributed by atoms with Crippen LogP contribution in [0.3, 0.4) is 0 Å². The van der Waals surface area contributed by atoms with E-state index in [4.69, 9.17) is 16.3 Å². The summed E-state index contributed by atoms with van der Waals surface area (Å²) in [5, 5.41) is 2.37. The first-order chi connectivity index (χ1) is 10.8. The number of pyridine rings is 1. The van der Waals surface area contributed by atoms with Gasteiger partial charge in [0, 0.05) is 18.5 Å². The van der Waals surface area contributed by atoms with Crippen molar-refractivity contribution in [2.24, 2.45) is 0 Å². The van der Waals surface area contributed by atoms with Crippen molar-refractivity contribution in [3.05, 3.63) is 46.6 Å². The van der Waals surface area contributed by atoms with Gasteiger partial charge in [-0.3, -0.25) is 9.78 Å². The van der Waals surface area contributed by atoms with Gasteiger partial charge in [0.15, 0.2) is 5.82 Å². The van der Waals surface area contributed by atoms with Crippen molar-refractivity contribution in [2.45, 2.75) is 12.7 Å². The van der Waals surface area contributed by atoms with E-state index in [1.165, 1.54) is 13.2 Å². The average molecular weight is 347 g/mol. The number of nitrogens with zero attached hydrogens (tertiary/aromatic N) is 3. The smallest absolute Gasteiger partial charge is 0.417 e. The van der Waals surface area contributed by atoms with Crippen LogP contribution in [0, 0.1) is 0 Å². The second kappa shape index (κ2) is 6.78. The minimum atomic E-state index is -4.66. The van der Waals surface area contributed by atoms with Gasteiger partial charge >= 0.3 is 6.18 Å². The van der Waals surface area contributed by atoms with Gasteiger partial charge in [0.25, 0.3) is 5.91 Å². The Labute approximate surface area is 133 Å². The number of ether oxygens (including phenoxy) is 1. The first kappa shape index (κ1) is 16.9. The Balaban J connectivity index is 2.16. The summed E-state index contributed by atoms with van der Waals surface area (Å²) in [6, 6.07) is 2.09. The molecule has 10 heteroatoms. The largest absolute Gasteiger partial charge is 0.481 e. The lowest BCUT2D eigenvalue weighted by molar-refractivity contribution is -0.138. The molecule has 0 bridgehead atoms. The molecule has 0 aliphatic carbocycles. The number of rotatable bonds is 4. The standard InChI is InChI=1S/C13H10ClF3N4O2/c1-23-11-4-9(14)20-10(21-11)6-19-12(22)7-5-18-3-2-8(7)13(15,16)17/h2-5H,6H2,1H3,(H,19,22). The molecule has 0 saturated carbocycles. The zero-order valence-electron chi connectivity index (χ0n) is 11.7. The summed E-state index contributed by atoms with van der Waals surface area (Å²) in [6.07, 6.45) is -2.85. The first-order valence-corrected chi connectivity index (χ1v) is 6.56. The van der Waals surface area contributed by atoms with Crippen LogP contribution >= 0.6 is 11.6 Å². The molecule has 1 N–H and O–H groups in total. The van der Waals surface area contributed by atoms with Crippen LogP contribution in [0.15, 0.2) is 24.5 Å². The number of amides is 1. The molecular formula is C13H10ClF3N4O2. The Morgan fingerprint density at radius 1 is 1.39 bits per heavy atom. The molecule has 122 valence electrons.